The van der Waals surface area contributed by atoms with Crippen molar-refractivity contribution in [1.29, 1.82) is 0 Å². The number of amides is 1. The highest BCUT2D eigenvalue weighted by Crippen LogP contribution is 2.29. The standard InChI is InChI=1S/C18H15F3N4O/c1-25-11-15(10-24-25)14-6-12(7-22-9-14)8-23-17(26)13-2-4-16(5-3-13)18(19,20)21/h2-7,9-11H,8H2,1H3,(H,23,26). The summed E-state index contributed by atoms with van der Waals surface area (Å²) < 4.78 is 39.3. The fourth-order valence-electron chi connectivity index (χ4n) is 2.41. The van der Waals surface area contributed by atoms with Gasteiger partial charge in [0.05, 0.1) is 11.8 Å². The molecular weight excluding hydrogens is 345 g/mol. The predicted octanol–water partition coefficient (Wildman–Crippen LogP) is 3.43. The number of halogens is 3. The van der Waals surface area contributed by atoms with Crippen LogP contribution in [0.1, 0.15) is 21.5 Å². The highest BCUT2D eigenvalue weighted by molar-refractivity contribution is 5.94. The Bertz CT molecular complexity index is 917. The zero-order valence-electron chi connectivity index (χ0n) is 13.8. The Kier molecular flexibility index (Phi) is 4.75. The maximum absolute atomic E-state index is 12.6. The fraction of sp³-hybridized carbons (Fsp3) is 0.167. The molecule has 1 amide bonds. The normalized spacial score (nSPS) is 11.4. The number of aryl methyl sites for hydroxylation is 1. The average molecular weight is 360 g/mol. The lowest BCUT2D eigenvalue weighted by molar-refractivity contribution is -0.137. The Balaban J connectivity index is 1.66. The maximum atomic E-state index is 12.6. The Morgan fingerprint density at radius 2 is 1.85 bits per heavy atom. The number of aromatic nitrogens is 3. The van der Waals surface area contributed by atoms with Crippen molar-refractivity contribution < 1.29 is 18.0 Å². The van der Waals surface area contributed by atoms with Gasteiger partial charge in [-0.2, -0.15) is 18.3 Å². The third-order valence-corrected chi connectivity index (χ3v) is 3.76. The van der Waals surface area contributed by atoms with Crippen LogP contribution in [-0.4, -0.2) is 20.7 Å². The molecule has 0 fully saturated rings. The summed E-state index contributed by atoms with van der Waals surface area (Å²) in [5, 5.41) is 6.78. The SMILES string of the molecule is Cn1cc(-c2cncc(CNC(=O)c3ccc(C(F)(F)F)cc3)c2)cn1. The molecule has 8 heteroatoms. The smallest absolute Gasteiger partial charge is 0.348 e. The molecule has 0 aliphatic heterocycles. The molecule has 2 heterocycles. The molecule has 3 rings (SSSR count). The van der Waals surface area contributed by atoms with E-state index in [2.05, 4.69) is 15.4 Å². The topological polar surface area (TPSA) is 59.8 Å². The van der Waals surface area contributed by atoms with Gasteiger partial charge in [0.1, 0.15) is 0 Å². The van der Waals surface area contributed by atoms with Gasteiger partial charge in [-0.3, -0.25) is 14.5 Å². The van der Waals surface area contributed by atoms with Gasteiger partial charge in [-0.15, -0.1) is 0 Å². The number of rotatable bonds is 4. The molecule has 2 aromatic heterocycles. The van der Waals surface area contributed by atoms with Gasteiger partial charge in [-0.1, -0.05) is 0 Å². The van der Waals surface area contributed by atoms with E-state index in [-0.39, 0.29) is 12.1 Å². The molecule has 0 atom stereocenters. The highest BCUT2D eigenvalue weighted by Gasteiger charge is 2.30. The van der Waals surface area contributed by atoms with Gasteiger partial charge >= 0.3 is 6.18 Å². The van der Waals surface area contributed by atoms with E-state index in [4.69, 9.17) is 0 Å². The van der Waals surface area contributed by atoms with Crippen molar-refractivity contribution >= 4 is 5.91 Å². The summed E-state index contributed by atoms with van der Waals surface area (Å²) in [6.07, 6.45) is 2.45. The number of hydrogen-bond donors (Lipinski definition) is 1. The molecule has 1 N–H and O–H groups in total. The molecule has 0 bridgehead atoms. The average Bonchev–Trinajstić information content (AvgIpc) is 3.06. The molecule has 0 aliphatic carbocycles. The third kappa shape index (κ3) is 4.08. The van der Waals surface area contributed by atoms with Gasteiger partial charge in [0, 0.05) is 48.9 Å². The molecule has 0 aliphatic rings. The van der Waals surface area contributed by atoms with Crippen LogP contribution in [0, 0.1) is 0 Å². The lowest BCUT2D eigenvalue weighted by atomic mass is 10.1. The van der Waals surface area contributed by atoms with Crippen LogP contribution in [-0.2, 0) is 19.8 Å². The van der Waals surface area contributed by atoms with Crippen molar-refractivity contribution in [3.8, 4) is 11.1 Å². The van der Waals surface area contributed by atoms with Crippen molar-refractivity contribution in [3.63, 3.8) is 0 Å². The van der Waals surface area contributed by atoms with E-state index in [1.807, 2.05) is 19.3 Å². The molecule has 0 radical (unpaired) electrons. The minimum atomic E-state index is -4.42. The molecule has 0 saturated carbocycles. The largest absolute Gasteiger partial charge is 0.416 e. The third-order valence-electron chi connectivity index (χ3n) is 3.76. The van der Waals surface area contributed by atoms with Crippen LogP contribution in [0.5, 0.6) is 0 Å². The summed E-state index contributed by atoms with van der Waals surface area (Å²) in [7, 11) is 1.81. The van der Waals surface area contributed by atoms with Crippen LogP contribution < -0.4 is 5.32 Å². The first-order valence-corrected chi connectivity index (χ1v) is 7.71. The van der Waals surface area contributed by atoms with Crippen LogP contribution in [0.25, 0.3) is 11.1 Å². The number of hydrogen-bond acceptors (Lipinski definition) is 3. The van der Waals surface area contributed by atoms with E-state index in [1.54, 1.807) is 23.3 Å². The molecular formula is C18H15F3N4O. The number of carbonyl (C=O) groups is 1. The Labute approximate surface area is 147 Å². The number of pyridine rings is 1. The van der Waals surface area contributed by atoms with E-state index in [1.165, 1.54) is 0 Å². The molecule has 0 spiro atoms. The zero-order valence-corrected chi connectivity index (χ0v) is 13.8. The predicted molar refractivity (Wildman–Crippen MR) is 89.1 cm³/mol. The van der Waals surface area contributed by atoms with E-state index >= 15 is 0 Å². The second-order valence-electron chi connectivity index (χ2n) is 5.74. The van der Waals surface area contributed by atoms with E-state index in [0.29, 0.717) is 0 Å². The van der Waals surface area contributed by atoms with Gasteiger partial charge in [-0.05, 0) is 35.9 Å². The van der Waals surface area contributed by atoms with Crippen molar-refractivity contribution in [2.24, 2.45) is 7.05 Å². The maximum Gasteiger partial charge on any atom is 0.416 e. The molecule has 0 saturated heterocycles. The molecule has 0 unspecified atom stereocenters. The first-order valence-electron chi connectivity index (χ1n) is 7.71. The second-order valence-corrected chi connectivity index (χ2v) is 5.74. The highest BCUT2D eigenvalue weighted by atomic mass is 19.4. The van der Waals surface area contributed by atoms with Crippen molar-refractivity contribution in [2.45, 2.75) is 12.7 Å². The quantitative estimate of drug-likeness (QED) is 0.775. The van der Waals surface area contributed by atoms with E-state index in [0.717, 1.165) is 41.0 Å². The van der Waals surface area contributed by atoms with Crippen LogP contribution >= 0.6 is 0 Å². The van der Waals surface area contributed by atoms with Crippen molar-refractivity contribution in [3.05, 3.63) is 71.8 Å². The Morgan fingerprint density at radius 1 is 1.12 bits per heavy atom. The molecule has 26 heavy (non-hydrogen) atoms. The summed E-state index contributed by atoms with van der Waals surface area (Å²) in [5.74, 6) is -0.453. The first-order chi connectivity index (χ1) is 12.3. The number of carbonyl (C=O) groups excluding carboxylic acids is 1. The molecule has 1 aromatic carbocycles. The van der Waals surface area contributed by atoms with Crippen molar-refractivity contribution in [2.75, 3.05) is 0 Å². The summed E-state index contributed by atoms with van der Waals surface area (Å²) >= 11 is 0. The lowest BCUT2D eigenvalue weighted by Gasteiger charge is -2.09. The van der Waals surface area contributed by atoms with Crippen LogP contribution in [0.4, 0.5) is 13.2 Å². The van der Waals surface area contributed by atoms with Crippen molar-refractivity contribution in [1.82, 2.24) is 20.1 Å². The summed E-state index contributed by atoms with van der Waals surface area (Å²) in [4.78, 5) is 16.3. The van der Waals surface area contributed by atoms with Gasteiger partial charge in [0.2, 0.25) is 0 Å². The number of nitrogens with one attached hydrogen (secondary N) is 1. The molecule has 5 nitrogen and oxygen atoms in total. The number of benzene rings is 1. The Morgan fingerprint density at radius 3 is 2.46 bits per heavy atom. The van der Waals surface area contributed by atoms with E-state index < -0.39 is 17.6 Å². The van der Waals surface area contributed by atoms with Crippen LogP contribution in [0.15, 0.2) is 55.1 Å². The first kappa shape index (κ1) is 17.7. The van der Waals surface area contributed by atoms with Gasteiger partial charge in [-0.25, -0.2) is 0 Å². The van der Waals surface area contributed by atoms with Crippen LogP contribution in [0.3, 0.4) is 0 Å². The number of alkyl halides is 3. The van der Waals surface area contributed by atoms with Gasteiger partial charge in [0.25, 0.3) is 5.91 Å². The summed E-state index contributed by atoms with van der Waals surface area (Å²) in [6.45, 7) is 0.209. The molecule has 3 aromatic rings. The molecule has 134 valence electrons. The second kappa shape index (κ2) is 6.99. The lowest BCUT2D eigenvalue weighted by Crippen LogP contribution is -2.23. The minimum Gasteiger partial charge on any atom is -0.348 e. The van der Waals surface area contributed by atoms with Crippen LogP contribution in [0.2, 0.25) is 0 Å². The van der Waals surface area contributed by atoms with Gasteiger partial charge < -0.3 is 5.32 Å². The van der Waals surface area contributed by atoms with Gasteiger partial charge in [0.15, 0.2) is 0 Å². The summed E-state index contributed by atoms with van der Waals surface area (Å²) in [5.41, 5.74) is 1.90. The fourth-order valence-corrected chi connectivity index (χ4v) is 2.41. The Hall–Kier alpha value is -3.16. The zero-order chi connectivity index (χ0) is 18.7. The number of nitrogens with zero attached hydrogens (tertiary/aromatic N) is 3. The monoisotopic (exact) mass is 360 g/mol. The van der Waals surface area contributed by atoms with E-state index in [9.17, 15) is 18.0 Å². The minimum absolute atomic E-state index is 0.161. The summed E-state index contributed by atoms with van der Waals surface area (Å²) in [6, 6.07) is 5.96.